The third kappa shape index (κ3) is 67.5. The molecule has 470 valence electrons. The Bertz CT molecular complexity index is 1170. The number of aliphatic hydroxyl groups excluding tert-OH is 2. The van der Waals surface area contributed by atoms with E-state index in [1.54, 1.807) is 0 Å². The van der Waals surface area contributed by atoms with E-state index >= 15 is 0 Å². The van der Waals surface area contributed by atoms with Gasteiger partial charge in [0, 0.05) is 6.42 Å². The predicted octanol–water partition coefficient (Wildman–Crippen LogP) is 25.3. The van der Waals surface area contributed by atoms with Crippen molar-refractivity contribution in [2.24, 2.45) is 0 Å². The molecule has 2 unspecified atom stereocenters. The first-order chi connectivity index (χ1) is 39.2. The van der Waals surface area contributed by atoms with Crippen molar-refractivity contribution < 1.29 is 15.0 Å². The quantitative estimate of drug-likeness (QED) is 0.0420. The van der Waals surface area contributed by atoms with Crippen LogP contribution in [0.3, 0.4) is 0 Å². The van der Waals surface area contributed by atoms with Gasteiger partial charge >= 0.3 is 0 Å². The Hall–Kier alpha value is -1.13. The summed E-state index contributed by atoms with van der Waals surface area (Å²) < 4.78 is 0. The number of carbonyl (C=O) groups is 1. The van der Waals surface area contributed by atoms with Crippen LogP contribution in [0.15, 0.2) is 24.3 Å². The molecule has 0 radical (unpaired) electrons. The van der Waals surface area contributed by atoms with Gasteiger partial charge in [-0.1, -0.05) is 404 Å². The molecule has 2 atom stereocenters. The Morgan fingerprint density at radius 2 is 0.519 bits per heavy atom. The molecule has 79 heavy (non-hydrogen) atoms. The third-order valence-electron chi connectivity index (χ3n) is 17.7. The van der Waals surface area contributed by atoms with E-state index in [1.165, 1.54) is 372 Å². The Balaban J connectivity index is 3.36. The molecule has 0 saturated carbocycles. The van der Waals surface area contributed by atoms with E-state index in [0.717, 1.165) is 32.1 Å². The molecule has 4 nitrogen and oxygen atoms in total. The van der Waals surface area contributed by atoms with Gasteiger partial charge in [0.15, 0.2) is 0 Å². The molecule has 1 amide bonds. The fraction of sp³-hybridized carbons (Fsp3) is 0.933. The fourth-order valence-corrected chi connectivity index (χ4v) is 12.1. The lowest BCUT2D eigenvalue weighted by molar-refractivity contribution is -0.123. The number of allylic oxidation sites excluding steroid dienone is 4. The second-order valence-corrected chi connectivity index (χ2v) is 25.7. The van der Waals surface area contributed by atoms with E-state index in [-0.39, 0.29) is 12.5 Å². The molecule has 0 aliphatic heterocycles. The zero-order chi connectivity index (χ0) is 56.9. The highest BCUT2D eigenvalue weighted by Gasteiger charge is 2.20. The van der Waals surface area contributed by atoms with Crippen molar-refractivity contribution in [1.82, 2.24) is 5.32 Å². The first-order valence-electron chi connectivity index (χ1n) is 37.0. The summed E-state index contributed by atoms with van der Waals surface area (Å²) in [7, 11) is 0. The highest BCUT2D eigenvalue weighted by molar-refractivity contribution is 5.76. The maximum atomic E-state index is 12.6. The molecule has 0 fully saturated rings. The molecule has 0 spiro atoms. The number of carbonyl (C=O) groups excluding carboxylic acids is 1. The normalized spacial score (nSPS) is 12.7. The van der Waals surface area contributed by atoms with Gasteiger partial charge in [0.1, 0.15) is 0 Å². The van der Waals surface area contributed by atoms with Gasteiger partial charge in [0.05, 0.1) is 18.8 Å². The molecular weight excluding hydrogens is 963 g/mol. The van der Waals surface area contributed by atoms with Crippen LogP contribution < -0.4 is 5.32 Å². The molecule has 0 aliphatic rings. The maximum Gasteiger partial charge on any atom is 0.220 e. The van der Waals surface area contributed by atoms with Gasteiger partial charge in [-0.3, -0.25) is 4.79 Å². The molecule has 0 bridgehead atoms. The van der Waals surface area contributed by atoms with Gasteiger partial charge in [-0.2, -0.15) is 0 Å². The molecule has 4 heteroatoms. The summed E-state index contributed by atoms with van der Waals surface area (Å²) in [6.07, 6.45) is 96.9. The minimum atomic E-state index is -0.659. The first-order valence-corrected chi connectivity index (χ1v) is 37.0. The first kappa shape index (κ1) is 77.9. The highest BCUT2D eigenvalue weighted by Crippen LogP contribution is 2.20. The number of rotatable bonds is 70. The van der Waals surface area contributed by atoms with Crippen molar-refractivity contribution in [2.75, 3.05) is 6.61 Å². The third-order valence-corrected chi connectivity index (χ3v) is 17.7. The number of aliphatic hydroxyl groups is 2. The van der Waals surface area contributed by atoms with Crippen molar-refractivity contribution in [3.63, 3.8) is 0 Å². The van der Waals surface area contributed by atoms with E-state index in [0.29, 0.717) is 12.8 Å². The van der Waals surface area contributed by atoms with Crippen LogP contribution in [0.1, 0.15) is 431 Å². The summed E-state index contributed by atoms with van der Waals surface area (Å²) in [5.74, 6) is -0.0208. The van der Waals surface area contributed by atoms with Gasteiger partial charge in [-0.25, -0.2) is 0 Å². The minimum absolute atomic E-state index is 0.0208. The molecule has 0 saturated heterocycles. The smallest absolute Gasteiger partial charge is 0.220 e. The van der Waals surface area contributed by atoms with Crippen molar-refractivity contribution in [1.29, 1.82) is 0 Å². The monoisotopic (exact) mass is 1110 g/mol. The summed E-state index contributed by atoms with van der Waals surface area (Å²) in [6, 6.07) is -0.535. The van der Waals surface area contributed by atoms with Gasteiger partial charge in [-0.15, -0.1) is 0 Å². The van der Waals surface area contributed by atoms with Crippen LogP contribution in [0.2, 0.25) is 0 Å². The van der Waals surface area contributed by atoms with Crippen LogP contribution in [0.5, 0.6) is 0 Å². The molecular formula is C75H147NO3. The van der Waals surface area contributed by atoms with Gasteiger partial charge < -0.3 is 15.5 Å². The highest BCUT2D eigenvalue weighted by atomic mass is 16.3. The summed E-state index contributed by atoms with van der Waals surface area (Å²) >= 11 is 0. The number of nitrogens with one attached hydrogen (secondary N) is 1. The van der Waals surface area contributed by atoms with Crippen molar-refractivity contribution in [2.45, 2.75) is 443 Å². The second kappa shape index (κ2) is 71.1. The van der Waals surface area contributed by atoms with E-state index < -0.39 is 12.1 Å². The van der Waals surface area contributed by atoms with Crippen LogP contribution in [0, 0.1) is 0 Å². The predicted molar refractivity (Wildman–Crippen MR) is 355 cm³/mol. The zero-order valence-electron chi connectivity index (χ0n) is 54.4. The van der Waals surface area contributed by atoms with E-state index in [1.807, 2.05) is 0 Å². The lowest BCUT2D eigenvalue weighted by atomic mass is 10.0. The van der Waals surface area contributed by atoms with Gasteiger partial charge in [0.2, 0.25) is 5.91 Å². The van der Waals surface area contributed by atoms with E-state index in [4.69, 9.17) is 0 Å². The molecule has 3 N–H and O–H groups in total. The molecule has 0 heterocycles. The van der Waals surface area contributed by atoms with E-state index in [9.17, 15) is 15.0 Å². The minimum Gasteiger partial charge on any atom is -0.394 e. The van der Waals surface area contributed by atoms with Crippen LogP contribution >= 0.6 is 0 Å². The van der Waals surface area contributed by atoms with Gasteiger partial charge in [0.25, 0.3) is 0 Å². The van der Waals surface area contributed by atoms with Crippen LogP contribution in [-0.2, 0) is 4.79 Å². The van der Waals surface area contributed by atoms with Gasteiger partial charge in [-0.05, 0) is 44.9 Å². The fourth-order valence-electron chi connectivity index (χ4n) is 12.1. The topological polar surface area (TPSA) is 69.6 Å². The van der Waals surface area contributed by atoms with Crippen LogP contribution in [-0.4, -0.2) is 34.9 Å². The molecule has 0 aromatic heterocycles. The van der Waals surface area contributed by atoms with Crippen molar-refractivity contribution in [3.8, 4) is 0 Å². The number of hydrogen-bond donors (Lipinski definition) is 3. The lowest BCUT2D eigenvalue weighted by Crippen LogP contribution is -2.45. The molecule has 0 aliphatic carbocycles. The summed E-state index contributed by atoms with van der Waals surface area (Å²) in [4.78, 5) is 12.6. The average molecular weight is 1110 g/mol. The average Bonchev–Trinajstić information content (AvgIpc) is 3.45. The van der Waals surface area contributed by atoms with E-state index in [2.05, 4.69) is 43.5 Å². The molecule has 0 aromatic carbocycles. The summed E-state index contributed by atoms with van der Waals surface area (Å²) in [5.41, 5.74) is 0. The zero-order valence-corrected chi connectivity index (χ0v) is 54.4. The van der Waals surface area contributed by atoms with Crippen LogP contribution in [0.25, 0.3) is 0 Å². The Morgan fingerprint density at radius 1 is 0.304 bits per heavy atom. The summed E-state index contributed by atoms with van der Waals surface area (Å²) in [5, 5.41) is 23.5. The standard InChI is InChI=1S/C75H147NO3/c1-3-5-7-9-11-13-15-17-19-21-23-25-27-29-31-33-35-37-38-39-41-43-45-47-49-51-53-55-57-59-61-63-65-67-69-71-75(79)76-73(72-77)74(78)70-68-66-64-62-60-58-56-54-52-50-48-46-44-42-40-36-34-32-30-28-26-24-22-20-18-16-14-12-10-8-6-4-2/h15,17,21,23,73-74,77-78H,3-14,16,18-20,22,24-72H2,1-2H3,(H,76,79)/b17-15-,23-21-. The Labute approximate surface area is 498 Å². The Morgan fingerprint density at radius 3 is 0.759 bits per heavy atom. The second-order valence-electron chi connectivity index (χ2n) is 25.7. The van der Waals surface area contributed by atoms with Crippen LogP contribution in [0.4, 0.5) is 0 Å². The number of unbranched alkanes of at least 4 members (excludes halogenated alkanes) is 59. The SMILES string of the molecule is CCCCCCC/C=C\C/C=C\CCCCCCCCCCCCCCCCCCCCCCCCCC(=O)NC(CO)C(O)CCCCCCCCCCCCCCCCCCCCCCCCCCCCCCCCCC. The molecule has 0 aromatic rings. The largest absolute Gasteiger partial charge is 0.394 e. The number of amides is 1. The number of hydrogen-bond acceptors (Lipinski definition) is 3. The van der Waals surface area contributed by atoms with Crippen molar-refractivity contribution >= 4 is 5.91 Å². The Kier molecular flexibility index (Phi) is 70.1. The summed E-state index contributed by atoms with van der Waals surface area (Å²) in [6.45, 7) is 4.40. The van der Waals surface area contributed by atoms with Crippen molar-refractivity contribution in [3.05, 3.63) is 24.3 Å². The molecule has 0 rings (SSSR count). The maximum absolute atomic E-state index is 12.6. The lowest BCUT2D eigenvalue weighted by Gasteiger charge is -2.22.